The SMILES string of the molecule is CS(=O)(=O)c1cccc(Oc2ccc(Cl)c(F)c2)c1N. The van der Waals surface area contributed by atoms with Crippen LogP contribution < -0.4 is 10.5 Å². The smallest absolute Gasteiger partial charge is 0.177 e. The number of nitrogen functional groups attached to an aromatic ring is 1. The van der Waals surface area contributed by atoms with Gasteiger partial charge < -0.3 is 10.5 Å². The van der Waals surface area contributed by atoms with Crippen molar-refractivity contribution in [1.29, 1.82) is 0 Å². The molecule has 0 aliphatic carbocycles. The molecule has 2 rings (SSSR count). The summed E-state index contributed by atoms with van der Waals surface area (Å²) in [6, 6.07) is 8.25. The van der Waals surface area contributed by atoms with Crippen LogP contribution in [0.3, 0.4) is 0 Å². The minimum Gasteiger partial charge on any atom is -0.455 e. The molecular formula is C13H11ClFNO3S. The Kier molecular flexibility index (Phi) is 3.87. The van der Waals surface area contributed by atoms with E-state index in [1.54, 1.807) is 0 Å². The Morgan fingerprint density at radius 2 is 1.95 bits per heavy atom. The van der Waals surface area contributed by atoms with Gasteiger partial charge >= 0.3 is 0 Å². The Bertz CT molecular complexity index is 762. The van der Waals surface area contributed by atoms with Crippen LogP contribution in [0.25, 0.3) is 0 Å². The molecule has 2 aromatic rings. The first kappa shape index (κ1) is 14.6. The molecule has 0 aromatic heterocycles. The third-order valence-electron chi connectivity index (χ3n) is 2.54. The zero-order valence-electron chi connectivity index (χ0n) is 10.4. The highest BCUT2D eigenvalue weighted by molar-refractivity contribution is 7.90. The van der Waals surface area contributed by atoms with Crippen LogP contribution in [0, 0.1) is 5.82 Å². The predicted molar refractivity (Wildman–Crippen MR) is 75.4 cm³/mol. The summed E-state index contributed by atoms with van der Waals surface area (Å²) >= 11 is 5.57. The van der Waals surface area contributed by atoms with Crippen molar-refractivity contribution in [1.82, 2.24) is 0 Å². The molecule has 0 unspecified atom stereocenters. The number of benzene rings is 2. The maximum absolute atomic E-state index is 13.3. The average molecular weight is 316 g/mol. The number of anilines is 1. The van der Waals surface area contributed by atoms with Gasteiger partial charge in [0.2, 0.25) is 0 Å². The van der Waals surface area contributed by atoms with Crippen LogP contribution >= 0.6 is 11.6 Å². The monoisotopic (exact) mass is 315 g/mol. The zero-order valence-corrected chi connectivity index (χ0v) is 12.0. The zero-order chi connectivity index (χ0) is 14.9. The lowest BCUT2D eigenvalue weighted by molar-refractivity contribution is 0.477. The molecule has 0 bridgehead atoms. The maximum atomic E-state index is 13.3. The van der Waals surface area contributed by atoms with Crippen LogP contribution in [0.1, 0.15) is 0 Å². The molecule has 0 fully saturated rings. The number of rotatable bonds is 3. The summed E-state index contributed by atoms with van der Waals surface area (Å²) in [7, 11) is -3.46. The van der Waals surface area contributed by atoms with E-state index in [9.17, 15) is 12.8 Å². The number of hydrogen-bond donors (Lipinski definition) is 1. The van der Waals surface area contributed by atoms with Gasteiger partial charge in [0.25, 0.3) is 0 Å². The second kappa shape index (κ2) is 5.30. The molecule has 0 radical (unpaired) electrons. The Labute approximate surface area is 120 Å². The minimum atomic E-state index is -3.46. The van der Waals surface area contributed by atoms with Gasteiger partial charge in [0.1, 0.15) is 11.6 Å². The number of hydrogen-bond acceptors (Lipinski definition) is 4. The van der Waals surface area contributed by atoms with E-state index in [0.717, 1.165) is 12.3 Å². The van der Waals surface area contributed by atoms with Crippen molar-refractivity contribution in [3.05, 3.63) is 47.2 Å². The van der Waals surface area contributed by atoms with E-state index in [0.29, 0.717) is 0 Å². The molecule has 2 aromatic carbocycles. The first-order chi connectivity index (χ1) is 9.29. The Morgan fingerprint density at radius 3 is 2.55 bits per heavy atom. The van der Waals surface area contributed by atoms with Gasteiger partial charge in [-0.3, -0.25) is 0 Å². The van der Waals surface area contributed by atoms with E-state index in [4.69, 9.17) is 22.1 Å². The number of halogens is 2. The topological polar surface area (TPSA) is 69.4 Å². The van der Waals surface area contributed by atoms with Crippen molar-refractivity contribution < 1.29 is 17.5 Å². The first-order valence-corrected chi connectivity index (χ1v) is 7.77. The van der Waals surface area contributed by atoms with Gasteiger partial charge in [-0.2, -0.15) is 0 Å². The van der Waals surface area contributed by atoms with Crippen LogP contribution in [0.4, 0.5) is 10.1 Å². The molecule has 0 heterocycles. The van der Waals surface area contributed by atoms with Crippen LogP contribution in [0.5, 0.6) is 11.5 Å². The number of ether oxygens (including phenoxy) is 1. The Hall–Kier alpha value is -1.79. The van der Waals surface area contributed by atoms with Crippen molar-refractivity contribution in [3.63, 3.8) is 0 Å². The van der Waals surface area contributed by atoms with Gasteiger partial charge in [0.15, 0.2) is 15.6 Å². The number of sulfone groups is 1. The second-order valence-electron chi connectivity index (χ2n) is 4.12. The van der Waals surface area contributed by atoms with E-state index in [1.807, 2.05) is 0 Å². The van der Waals surface area contributed by atoms with Gasteiger partial charge in [0.05, 0.1) is 15.6 Å². The summed E-state index contributed by atoms with van der Waals surface area (Å²) in [5.41, 5.74) is 5.74. The molecule has 0 aliphatic rings. The number of nitrogens with two attached hydrogens (primary N) is 1. The average Bonchev–Trinajstić information content (AvgIpc) is 2.35. The lowest BCUT2D eigenvalue weighted by Crippen LogP contribution is -2.03. The van der Waals surface area contributed by atoms with E-state index in [-0.39, 0.29) is 27.1 Å². The van der Waals surface area contributed by atoms with Gasteiger partial charge in [-0.25, -0.2) is 12.8 Å². The van der Waals surface area contributed by atoms with Gasteiger partial charge in [-0.05, 0) is 24.3 Å². The lowest BCUT2D eigenvalue weighted by Gasteiger charge is -2.11. The highest BCUT2D eigenvalue weighted by atomic mass is 35.5. The molecule has 0 saturated heterocycles. The molecule has 7 heteroatoms. The Morgan fingerprint density at radius 1 is 1.25 bits per heavy atom. The predicted octanol–water partition coefficient (Wildman–Crippen LogP) is 3.26. The summed E-state index contributed by atoms with van der Waals surface area (Å²) in [6.45, 7) is 0. The van der Waals surface area contributed by atoms with E-state index >= 15 is 0 Å². The van der Waals surface area contributed by atoms with E-state index in [2.05, 4.69) is 0 Å². The van der Waals surface area contributed by atoms with Crippen molar-refractivity contribution >= 4 is 27.1 Å². The minimum absolute atomic E-state index is 0.0228. The molecule has 4 nitrogen and oxygen atoms in total. The molecule has 106 valence electrons. The summed E-state index contributed by atoms with van der Waals surface area (Å²) < 4.78 is 41.8. The second-order valence-corrected chi connectivity index (χ2v) is 6.51. The summed E-state index contributed by atoms with van der Waals surface area (Å²) in [4.78, 5) is -0.0376. The molecule has 0 aliphatic heterocycles. The Balaban J connectivity index is 2.42. The van der Waals surface area contributed by atoms with Crippen molar-refractivity contribution in [2.75, 3.05) is 12.0 Å². The molecule has 0 spiro atoms. The van der Waals surface area contributed by atoms with E-state index < -0.39 is 15.7 Å². The molecule has 0 atom stereocenters. The van der Waals surface area contributed by atoms with Gasteiger partial charge in [-0.15, -0.1) is 0 Å². The molecule has 0 amide bonds. The fourth-order valence-electron chi connectivity index (χ4n) is 1.60. The van der Waals surface area contributed by atoms with Crippen molar-refractivity contribution in [2.24, 2.45) is 0 Å². The molecule has 20 heavy (non-hydrogen) atoms. The van der Waals surface area contributed by atoms with Gasteiger partial charge in [-0.1, -0.05) is 17.7 Å². The van der Waals surface area contributed by atoms with Crippen LogP contribution in [-0.4, -0.2) is 14.7 Å². The molecular weight excluding hydrogens is 305 g/mol. The summed E-state index contributed by atoms with van der Waals surface area (Å²) in [6.07, 6.45) is 1.05. The lowest BCUT2D eigenvalue weighted by atomic mass is 10.3. The molecule has 0 saturated carbocycles. The quantitative estimate of drug-likeness (QED) is 0.883. The molecule has 2 N–H and O–H groups in total. The third-order valence-corrected chi connectivity index (χ3v) is 4.01. The third kappa shape index (κ3) is 3.02. The van der Waals surface area contributed by atoms with Gasteiger partial charge in [0, 0.05) is 12.3 Å². The fraction of sp³-hybridized carbons (Fsp3) is 0.0769. The van der Waals surface area contributed by atoms with Crippen LogP contribution in [-0.2, 0) is 9.84 Å². The summed E-state index contributed by atoms with van der Waals surface area (Å²) in [5, 5.41) is -0.0322. The highest BCUT2D eigenvalue weighted by Crippen LogP contribution is 2.33. The normalized spacial score (nSPS) is 11.3. The fourth-order valence-corrected chi connectivity index (χ4v) is 2.55. The van der Waals surface area contributed by atoms with Crippen molar-refractivity contribution in [3.8, 4) is 11.5 Å². The summed E-state index contributed by atoms with van der Waals surface area (Å²) in [5.74, 6) is -0.332. The highest BCUT2D eigenvalue weighted by Gasteiger charge is 2.15. The first-order valence-electron chi connectivity index (χ1n) is 5.50. The maximum Gasteiger partial charge on any atom is 0.177 e. The van der Waals surface area contributed by atoms with Crippen molar-refractivity contribution in [2.45, 2.75) is 4.90 Å². The number of para-hydroxylation sites is 1. The van der Waals surface area contributed by atoms with Crippen LogP contribution in [0.2, 0.25) is 5.02 Å². The largest absolute Gasteiger partial charge is 0.455 e. The van der Waals surface area contributed by atoms with Crippen LogP contribution in [0.15, 0.2) is 41.3 Å². The standard InChI is InChI=1S/C13H11ClFNO3S/c1-20(17,18)12-4-2-3-11(13(12)16)19-8-5-6-9(14)10(15)7-8/h2-7H,16H2,1H3. The van der Waals surface area contributed by atoms with E-state index in [1.165, 1.54) is 30.3 Å².